The van der Waals surface area contributed by atoms with E-state index < -0.39 is 15.9 Å². The third kappa shape index (κ3) is 4.04. The van der Waals surface area contributed by atoms with Gasteiger partial charge in [0, 0.05) is 18.8 Å². The molecule has 0 radical (unpaired) electrons. The quantitative estimate of drug-likeness (QED) is 0.828. The third-order valence-corrected chi connectivity index (χ3v) is 6.64. The average molecular weight is 404 g/mol. The van der Waals surface area contributed by atoms with E-state index in [2.05, 4.69) is 5.32 Å². The molecule has 1 aliphatic heterocycles. The number of methoxy groups -OCH3 is 1. The Balaban J connectivity index is 1.96. The van der Waals surface area contributed by atoms with E-state index >= 15 is 0 Å². The Morgan fingerprint density at radius 2 is 1.75 bits per heavy atom. The molecule has 0 unspecified atom stereocenters. The molecular weight excluding hydrogens is 380 g/mol. The van der Waals surface area contributed by atoms with Crippen molar-refractivity contribution in [1.29, 1.82) is 0 Å². The van der Waals surface area contributed by atoms with Crippen molar-refractivity contribution in [2.45, 2.75) is 18.7 Å². The Labute approximate surface area is 165 Å². The lowest BCUT2D eigenvalue weighted by Gasteiger charge is -2.26. The summed E-state index contributed by atoms with van der Waals surface area (Å²) in [5.41, 5.74) is 2.71. The lowest BCUT2D eigenvalue weighted by Crippen LogP contribution is -2.40. The number of ether oxygens (including phenoxy) is 2. The minimum absolute atomic E-state index is 0.0573. The lowest BCUT2D eigenvalue weighted by molar-refractivity contribution is 0.0730. The number of para-hydroxylation sites is 1. The van der Waals surface area contributed by atoms with Crippen LogP contribution in [0.5, 0.6) is 5.75 Å². The van der Waals surface area contributed by atoms with E-state index in [9.17, 15) is 13.2 Å². The van der Waals surface area contributed by atoms with Gasteiger partial charge in [-0.2, -0.15) is 4.31 Å². The van der Waals surface area contributed by atoms with Crippen LogP contribution < -0.4 is 10.1 Å². The second-order valence-electron chi connectivity index (χ2n) is 6.60. The van der Waals surface area contributed by atoms with Crippen molar-refractivity contribution in [1.82, 2.24) is 4.31 Å². The highest BCUT2D eigenvalue weighted by Crippen LogP contribution is 2.27. The number of carbonyl (C=O) groups is 1. The standard InChI is InChI=1S/C20H24N2O5S/c1-14-5-4-6-15(2)19(14)21-20(23)17-13-16(7-8-18(17)26-3)28(24,25)22-9-11-27-12-10-22/h4-8,13H,9-12H2,1-3H3,(H,21,23). The number of sulfonamides is 1. The minimum atomic E-state index is -3.71. The molecule has 8 heteroatoms. The molecule has 0 spiro atoms. The van der Waals surface area contributed by atoms with Crippen LogP contribution in [-0.2, 0) is 14.8 Å². The number of nitrogens with zero attached hydrogens (tertiary/aromatic N) is 1. The zero-order valence-electron chi connectivity index (χ0n) is 16.2. The van der Waals surface area contributed by atoms with Gasteiger partial charge in [0.05, 0.1) is 30.8 Å². The van der Waals surface area contributed by atoms with Gasteiger partial charge in [0.15, 0.2) is 0 Å². The summed E-state index contributed by atoms with van der Waals surface area (Å²) < 4.78 is 37.7. The molecule has 2 aromatic carbocycles. The van der Waals surface area contributed by atoms with Crippen LogP contribution in [0.25, 0.3) is 0 Å². The average Bonchev–Trinajstić information content (AvgIpc) is 2.70. The molecule has 28 heavy (non-hydrogen) atoms. The Morgan fingerprint density at radius 3 is 2.36 bits per heavy atom. The van der Waals surface area contributed by atoms with Gasteiger partial charge in [-0.1, -0.05) is 18.2 Å². The summed E-state index contributed by atoms with van der Waals surface area (Å²) in [5.74, 6) is -0.113. The molecule has 1 N–H and O–H groups in total. The van der Waals surface area contributed by atoms with Gasteiger partial charge in [-0.3, -0.25) is 4.79 Å². The molecule has 7 nitrogen and oxygen atoms in total. The van der Waals surface area contributed by atoms with Crippen molar-refractivity contribution in [3.8, 4) is 5.75 Å². The normalized spacial score (nSPS) is 15.2. The molecule has 0 saturated carbocycles. The maximum absolute atomic E-state index is 12.9. The van der Waals surface area contributed by atoms with E-state index in [1.807, 2.05) is 32.0 Å². The van der Waals surface area contributed by atoms with Gasteiger partial charge in [-0.05, 0) is 43.2 Å². The minimum Gasteiger partial charge on any atom is -0.496 e. The van der Waals surface area contributed by atoms with Gasteiger partial charge in [0.1, 0.15) is 5.75 Å². The van der Waals surface area contributed by atoms with Crippen molar-refractivity contribution in [2.75, 3.05) is 38.7 Å². The number of benzene rings is 2. The summed E-state index contributed by atoms with van der Waals surface area (Å²) in [4.78, 5) is 13.0. The second-order valence-corrected chi connectivity index (χ2v) is 8.54. The van der Waals surface area contributed by atoms with Gasteiger partial charge in [0.2, 0.25) is 10.0 Å². The predicted octanol–water partition coefficient (Wildman–Crippen LogP) is 2.59. The molecule has 0 atom stereocenters. The number of nitrogens with one attached hydrogen (secondary N) is 1. The predicted molar refractivity (Wildman–Crippen MR) is 106 cm³/mol. The SMILES string of the molecule is COc1ccc(S(=O)(=O)N2CCOCC2)cc1C(=O)Nc1c(C)cccc1C. The fourth-order valence-corrected chi connectivity index (χ4v) is 4.59. The number of amides is 1. The van der Waals surface area contributed by atoms with Gasteiger partial charge < -0.3 is 14.8 Å². The number of rotatable bonds is 5. The van der Waals surface area contributed by atoms with E-state index in [-0.39, 0.29) is 23.5 Å². The van der Waals surface area contributed by atoms with Crippen molar-refractivity contribution in [2.24, 2.45) is 0 Å². The topological polar surface area (TPSA) is 84.9 Å². The largest absolute Gasteiger partial charge is 0.496 e. The molecule has 0 bridgehead atoms. The van der Waals surface area contributed by atoms with Crippen molar-refractivity contribution >= 4 is 21.6 Å². The first-order valence-corrected chi connectivity index (χ1v) is 10.4. The Bertz CT molecular complexity index is 962. The van der Waals surface area contributed by atoms with Crippen LogP contribution in [0.3, 0.4) is 0 Å². The third-order valence-electron chi connectivity index (χ3n) is 4.74. The summed E-state index contributed by atoms with van der Waals surface area (Å²) in [6.07, 6.45) is 0. The fraction of sp³-hybridized carbons (Fsp3) is 0.350. The fourth-order valence-electron chi connectivity index (χ4n) is 3.15. The van der Waals surface area contributed by atoms with E-state index in [0.29, 0.717) is 24.7 Å². The first-order chi connectivity index (χ1) is 13.3. The number of anilines is 1. The van der Waals surface area contributed by atoms with Crippen molar-refractivity contribution in [3.05, 3.63) is 53.1 Å². The molecule has 2 aromatic rings. The molecule has 1 fully saturated rings. The zero-order chi connectivity index (χ0) is 20.3. The maximum Gasteiger partial charge on any atom is 0.259 e. The van der Waals surface area contributed by atoms with E-state index in [4.69, 9.17) is 9.47 Å². The summed E-state index contributed by atoms with van der Waals surface area (Å²) in [7, 11) is -2.27. The summed E-state index contributed by atoms with van der Waals surface area (Å²) in [5, 5.41) is 2.88. The van der Waals surface area contributed by atoms with Crippen molar-refractivity contribution in [3.63, 3.8) is 0 Å². The zero-order valence-corrected chi connectivity index (χ0v) is 17.0. The number of aryl methyl sites for hydroxylation is 2. The molecule has 0 aromatic heterocycles. The molecule has 0 aliphatic carbocycles. The van der Waals surface area contributed by atoms with Crippen LogP contribution in [0.15, 0.2) is 41.3 Å². The molecule has 1 amide bonds. The molecule has 1 heterocycles. The van der Waals surface area contributed by atoms with E-state index in [1.165, 1.54) is 29.6 Å². The molecule has 150 valence electrons. The molecule has 1 aliphatic rings. The number of hydrogen-bond acceptors (Lipinski definition) is 5. The number of carbonyl (C=O) groups excluding carboxylic acids is 1. The first kappa shape index (κ1) is 20.3. The summed E-state index contributed by atoms with van der Waals surface area (Å²) >= 11 is 0. The Hall–Kier alpha value is -2.42. The van der Waals surface area contributed by atoms with Crippen LogP contribution in [-0.4, -0.2) is 52.0 Å². The van der Waals surface area contributed by atoms with Crippen LogP contribution in [0, 0.1) is 13.8 Å². The van der Waals surface area contributed by atoms with Crippen LogP contribution in [0.2, 0.25) is 0 Å². The van der Waals surface area contributed by atoms with Crippen LogP contribution >= 0.6 is 0 Å². The highest BCUT2D eigenvalue weighted by molar-refractivity contribution is 7.89. The van der Waals surface area contributed by atoms with Crippen LogP contribution in [0.1, 0.15) is 21.5 Å². The van der Waals surface area contributed by atoms with Crippen molar-refractivity contribution < 1.29 is 22.7 Å². The lowest BCUT2D eigenvalue weighted by atomic mass is 10.1. The van der Waals surface area contributed by atoms with Gasteiger partial charge >= 0.3 is 0 Å². The van der Waals surface area contributed by atoms with Gasteiger partial charge in [-0.15, -0.1) is 0 Å². The van der Waals surface area contributed by atoms with Crippen LogP contribution in [0.4, 0.5) is 5.69 Å². The van der Waals surface area contributed by atoms with Gasteiger partial charge in [-0.25, -0.2) is 8.42 Å². The maximum atomic E-state index is 12.9. The van der Waals surface area contributed by atoms with Gasteiger partial charge in [0.25, 0.3) is 5.91 Å². The molecule has 1 saturated heterocycles. The molecular formula is C20H24N2O5S. The monoisotopic (exact) mass is 404 g/mol. The highest BCUT2D eigenvalue weighted by atomic mass is 32.2. The highest BCUT2D eigenvalue weighted by Gasteiger charge is 2.28. The summed E-state index contributed by atoms with van der Waals surface area (Å²) in [6.45, 7) is 5.10. The number of morpholine rings is 1. The first-order valence-electron chi connectivity index (χ1n) is 8.98. The van der Waals surface area contributed by atoms with E-state index in [1.54, 1.807) is 0 Å². The number of hydrogen-bond donors (Lipinski definition) is 1. The summed E-state index contributed by atoms with van der Waals surface area (Å²) in [6, 6.07) is 10.0. The molecule has 3 rings (SSSR count). The Morgan fingerprint density at radius 1 is 1.11 bits per heavy atom. The second kappa shape index (κ2) is 8.30. The Kier molecular flexibility index (Phi) is 6.02. The van der Waals surface area contributed by atoms with E-state index in [0.717, 1.165) is 11.1 Å². The smallest absolute Gasteiger partial charge is 0.259 e.